The molecule has 1 aliphatic carbocycles. The number of rotatable bonds is 4. The first kappa shape index (κ1) is 18.7. The number of fused-ring (bicyclic) bond motifs is 1. The molecular formula is C21H31N3O2. The Morgan fingerprint density at radius 2 is 2.12 bits per heavy atom. The fraction of sp³-hybridized carbons (Fsp3) is 0.619. The number of aryl methyl sites for hydroxylation is 1. The molecule has 1 saturated heterocycles. The Bertz CT molecular complexity index is 673. The van der Waals surface area contributed by atoms with Crippen LogP contribution in [0.25, 0.3) is 0 Å². The average molecular weight is 357 g/mol. The van der Waals surface area contributed by atoms with Gasteiger partial charge in [-0.3, -0.25) is 9.59 Å². The van der Waals surface area contributed by atoms with E-state index in [-0.39, 0.29) is 29.7 Å². The summed E-state index contributed by atoms with van der Waals surface area (Å²) in [7, 11) is 0. The monoisotopic (exact) mass is 357 g/mol. The molecule has 5 nitrogen and oxygen atoms in total. The van der Waals surface area contributed by atoms with Gasteiger partial charge in [-0.15, -0.1) is 0 Å². The molecule has 3 unspecified atom stereocenters. The fourth-order valence-electron chi connectivity index (χ4n) is 4.15. The zero-order chi connectivity index (χ0) is 18.7. The number of amides is 2. The SMILES string of the molecule is CCC(C)C(=O)N1CCCC(C(=O)NC2CCCc3cc(N)ccc32)C1. The molecule has 2 aliphatic rings. The van der Waals surface area contributed by atoms with Crippen LogP contribution in [-0.2, 0) is 16.0 Å². The smallest absolute Gasteiger partial charge is 0.225 e. The molecule has 1 aromatic carbocycles. The van der Waals surface area contributed by atoms with E-state index in [0.717, 1.165) is 50.8 Å². The molecule has 1 heterocycles. The Labute approximate surface area is 156 Å². The van der Waals surface area contributed by atoms with Crippen LogP contribution < -0.4 is 11.1 Å². The van der Waals surface area contributed by atoms with Crippen LogP contribution >= 0.6 is 0 Å². The van der Waals surface area contributed by atoms with Crippen LogP contribution in [0.5, 0.6) is 0 Å². The Balaban J connectivity index is 1.64. The third kappa shape index (κ3) is 4.02. The van der Waals surface area contributed by atoms with E-state index in [0.29, 0.717) is 6.54 Å². The molecule has 0 radical (unpaired) electrons. The Hall–Kier alpha value is -2.04. The zero-order valence-electron chi connectivity index (χ0n) is 16.0. The minimum Gasteiger partial charge on any atom is -0.399 e. The molecule has 0 bridgehead atoms. The molecule has 0 spiro atoms. The highest BCUT2D eigenvalue weighted by molar-refractivity contribution is 5.82. The lowest BCUT2D eigenvalue weighted by Gasteiger charge is -2.35. The Morgan fingerprint density at radius 3 is 2.88 bits per heavy atom. The minimum absolute atomic E-state index is 0.0347. The van der Waals surface area contributed by atoms with E-state index in [1.165, 1.54) is 11.1 Å². The fourth-order valence-corrected chi connectivity index (χ4v) is 4.15. The third-order valence-electron chi connectivity index (χ3n) is 5.94. The molecule has 142 valence electrons. The summed E-state index contributed by atoms with van der Waals surface area (Å²) in [4.78, 5) is 27.2. The number of anilines is 1. The first-order valence-corrected chi connectivity index (χ1v) is 9.97. The van der Waals surface area contributed by atoms with Crippen molar-refractivity contribution in [3.8, 4) is 0 Å². The van der Waals surface area contributed by atoms with E-state index in [4.69, 9.17) is 5.73 Å². The zero-order valence-corrected chi connectivity index (χ0v) is 16.0. The van der Waals surface area contributed by atoms with Gasteiger partial charge in [0.1, 0.15) is 0 Å². The van der Waals surface area contributed by atoms with Crippen molar-refractivity contribution in [3.63, 3.8) is 0 Å². The minimum atomic E-state index is -0.101. The molecule has 3 rings (SSSR count). The lowest BCUT2D eigenvalue weighted by atomic mass is 9.86. The highest BCUT2D eigenvalue weighted by atomic mass is 16.2. The van der Waals surface area contributed by atoms with Crippen LogP contribution in [0.4, 0.5) is 5.69 Å². The number of piperidine rings is 1. The second kappa shape index (κ2) is 8.11. The van der Waals surface area contributed by atoms with Gasteiger partial charge in [-0.25, -0.2) is 0 Å². The number of nitrogens with two attached hydrogens (primary N) is 1. The van der Waals surface area contributed by atoms with Gasteiger partial charge in [0.2, 0.25) is 11.8 Å². The first-order chi connectivity index (χ1) is 12.5. The van der Waals surface area contributed by atoms with Crippen molar-refractivity contribution in [1.82, 2.24) is 10.2 Å². The second-order valence-corrected chi connectivity index (χ2v) is 7.84. The lowest BCUT2D eigenvalue weighted by molar-refractivity contribution is -0.139. The van der Waals surface area contributed by atoms with Gasteiger partial charge in [-0.2, -0.15) is 0 Å². The topological polar surface area (TPSA) is 75.4 Å². The van der Waals surface area contributed by atoms with E-state index in [1.807, 2.05) is 30.9 Å². The van der Waals surface area contributed by atoms with Crippen LogP contribution in [0.3, 0.4) is 0 Å². The van der Waals surface area contributed by atoms with Crippen molar-refractivity contribution in [1.29, 1.82) is 0 Å². The standard InChI is InChI=1S/C21H31N3O2/c1-3-14(2)21(26)24-11-5-7-16(13-24)20(25)23-19-8-4-6-15-12-17(22)9-10-18(15)19/h9-10,12,14,16,19H,3-8,11,13,22H2,1-2H3,(H,23,25). The second-order valence-electron chi connectivity index (χ2n) is 7.84. The van der Waals surface area contributed by atoms with Gasteiger partial charge in [0.25, 0.3) is 0 Å². The maximum absolute atomic E-state index is 12.9. The number of nitrogen functional groups attached to an aromatic ring is 1. The van der Waals surface area contributed by atoms with Gasteiger partial charge in [0.05, 0.1) is 12.0 Å². The molecule has 1 aliphatic heterocycles. The molecule has 1 aromatic rings. The van der Waals surface area contributed by atoms with Crippen LogP contribution in [0.15, 0.2) is 18.2 Å². The summed E-state index contributed by atoms with van der Waals surface area (Å²) in [6, 6.07) is 6.05. The van der Waals surface area contributed by atoms with Gasteiger partial charge >= 0.3 is 0 Å². The van der Waals surface area contributed by atoms with Gasteiger partial charge in [-0.1, -0.05) is 19.9 Å². The van der Waals surface area contributed by atoms with Crippen LogP contribution in [0.2, 0.25) is 0 Å². The molecule has 26 heavy (non-hydrogen) atoms. The first-order valence-electron chi connectivity index (χ1n) is 9.97. The summed E-state index contributed by atoms with van der Waals surface area (Å²) < 4.78 is 0. The van der Waals surface area contributed by atoms with Crippen molar-refractivity contribution in [2.24, 2.45) is 11.8 Å². The number of carbonyl (C=O) groups is 2. The number of likely N-dealkylation sites (tertiary alicyclic amines) is 1. The summed E-state index contributed by atoms with van der Waals surface area (Å²) in [5.74, 6) is 0.202. The number of nitrogens with one attached hydrogen (secondary N) is 1. The van der Waals surface area contributed by atoms with E-state index in [2.05, 4.69) is 11.4 Å². The maximum atomic E-state index is 12.9. The van der Waals surface area contributed by atoms with E-state index < -0.39 is 0 Å². The number of nitrogens with zero attached hydrogens (tertiary/aromatic N) is 1. The molecule has 5 heteroatoms. The Kier molecular flexibility index (Phi) is 5.84. The largest absolute Gasteiger partial charge is 0.399 e. The number of carbonyl (C=O) groups excluding carboxylic acids is 2. The summed E-state index contributed by atoms with van der Waals surface area (Å²) in [6.45, 7) is 5.33. The van der Waals surface area contributed by atoms with E-state index >= 15 is 0 Å². The molecular weight excluding hydrogens is 326 g/mol. The number of hydrogen-bond acceptors (Lipinski definition) is 3. The van der Waals surface area contributed by atoms with Gasteiger partial charge in [0.15, 0.2) is 0 Å². The molecule has 1 fully saturated rings. The van der Waals surface area contributed by atoms with Crippen LogP contribution in [0.1, 0.15) is 63.1 Å². The molecule has 0 saturated carbocycles. The molecule has 3 N–H and O–H groups in total. The summed E-state index contributed by atoms with van der Waals surface area (Å²) in [5, 5.41) is 3.25. The quantitative estimate of drug-likeness (QED) is 0.813. The van der Waals surface area contributed by atoms with Gasteiger partial charge in [-0.05, 0) is 61.8 Å². The van der Waals surface area contributed by atoms with Crippen molar-refractivity contribution in [3.05, 3.63) is 29.3 Å². The van der Waals surface area contributed by atoms with Crippen molar-refractivity contribution < 1.29 is 9.59 Å². The predicted molar refractivity (Wildman–Crippen MR) is 103 cm³/mol. The highest BCUT2D eigenvalue weighted by Crippen LogP contribution is 2.31. The van der Waals surface area contributed by atoms with E-state index in [9.17, 15) is 9.59 Å². The van der Waals surface area contributed by atoms with Gasteiger partial charge < -0.3 is 16.0 Å². The third-order valence-corrected chi connectivity index (χ3v) is 5.94. The van der Waals surface area contributed by atoms with Crippen molar-refractivity contribution >= 4 is 17.5 Å². The average Bonchev–Trinajstić information content (AvgIpc) is 2.66. The summed E-state index contributed by atoms with van der Waals surface area (Å²) in [6.07, 6.45) is 5.65. The van der Waals surface area contributed by atoms with E-state index in [1.54, 1.807) is 0 Å². The highest BCUT2D eigenvalue weighted by Gasteiger charge is 2.31. The number of hydrogen-bond donors (Lipinski definition) is 2. The van der Waals surface area contributed by atoms with Crippen molar-refractivity contribution in [2.75, 3.05) is 18.8 Å². The molecule has 2 amide bonds. The molecule has 0 aromatic heterocycles. The Morgan fingerprint density at radius 1 is 1.31 bits per heavy atom. The van der Waals surface area contributed by atoms with Gasteiger partial charge in [0, 0.05) is 24.7 Å². The summed E-state index contributed by atoms with van der Waals surface area (Å²) in [5.41, 5.74) is 9.13. The van der Waals surface area contributed by atoms with Crippen LogP contribution in [-0.4, -0.2) is 29.8 Å². The predicted octanol–water partition coefficient (Wildman–Crippen LogP) is 3.05. The maximum Gasteiger partial charge on any atom is 0.225 e. The normalized spacial score (nSPS) is 23.8. The van der Waals surface area contributed by atoms with Crippen LogP contribution in [0, 0.1) is 11.8 Å². The summed E-state index contributed by atoms with van der Waals surface area (Å²) >= 11 is 0. The molecule has 3 atom stereocenters. The van der Waals surface area contributed by atoms with Crippen molar-refractivity contribution in [2.45, 2.75) is 58.4 Å². The number of benzene rings is 1. The lowest BCUT2D eigenvalue weighted by Crippen LogP contribution is -2.47.